The molecule has 28 heavy (non-hydrogen) atoms. The number of amides is 1. The van der Waals surface area contributed by atoms with Gasteiger partial charge in [-0.05, 0) is 17.7 Å². The van der Waals surface area contributed by atoms with Crippen LogP contribution in [0, 0.1) is 0 Å². The molecule has 2 N–H and O–H groups in total. The molecule has 0 fully saturated rings. The lowest BCUT2D eigenvalue weighted by Crippen LogP contribution is -2.29. The van der Waals surface area contributed by atoms with E-state index < -0.39 is 0 Å². The zero-order valence-electron chi connectivity index (χ0n) is 15.3. The second-order valence-corrected chi connectivity index (χ2v) is 6.17. The number of para-hydroxylation sites is 1. The van der Waals surface area contributed by atoms with Crippen LogP contribution >= 0.6 is 0 Å². The van der Waals surface area contributed by atoms with E-state index in [0.717, 1.165) is 11.3 Å². The average Bonchev–Trinajstić information content (AvgIpc) is 2.76. The Morgan fingerprint density at radius 2 is 1.32 bits per heavy atom. The third-order valence-electron chi connectivity index (χ3n) is 4.05. The number of hydrazone groups is 1. The molecule has 0 bridgehead atoms. The Hall–Kier alpha value is -3.73. The fraction of sp³-hybridized carbons (Fsp3) is 0.0870. The molecule has 0 heterocycles. The maximum atomic E-state index is 12.8. The van der Waals surface area contributed by atoms with Gasteiger partial charge in [0, 0.05) is 12.1 Å². The SMILES string of the molecule is O=C(C/C(=N/Nc1ccccc1)C(=O)c1ccccc1)NCc1ccccc1. The number of carbonyl (C=O) groups is 2. The zero-order valence-corrected chi connectivity index (χ0v) is 15.3. The van der Waals surface area contributed by atoms with Crippen molar-refractivity contribution >= 4 is 23.1 Å². The van der Waals surface area contributed by atoms with Gasteiger partial charge in [0.15, 0.2) is 0 Å². The molecular formula is C23H21N3O2. The van der Waals surface area contributed by atoms with Crippen LogP contribution in [-0.2, 0) is 11.3 Å². The smallest absolute Gasteiger partial charge is 0.226 e. The van der Waals surface area contributed by atoms with Gasteiger partial charge in [-0.25, -0.2) is 0 Å². The zero-order chi connectivity index (χ0) is 19.6. The van der Waals surface area contributed by atoms with Gasteiger partial charge < -0.3 is 5.32 Å². The predicted molar refractivity (Wildman–Crippen MR) is 111 cm³/mol. The molecule has 0 unspecified atom stereocenters. The lowest BCUT2D eigenvalue weighted by molar-refractivity contribution is -0.120. The fourth-order valence-corrected chi connectivity index (χ4v) is 2.58. The van der Waals surface area contributed by atoms with Crippen molar-refractivity contribution in [2.24, 2.45) is 5.10 Å². The average molecular weight is 371 g/mol. The van der Waals surface area contributed by atoms with Crippen molar-refractivity contribution < 1.29 is 9.59 Å². The summed E-state index contributed by atoms with van der Waals surface area (Å²) in [5.74, 6) is -0.541. The van der Waals surface area contributed by atoms with E-state index in [4.69, 9.17) is 0 Å². The molecule has 0 aliphatic rings. The van der Waals surface area contributed by atoms with Crippen LogP contribution < -0.4 is 10.7 Å². The van der Waals surface area contributed by atoms with E-state index in [0.29, 0.717) is 12.1 Å². The molecule has 0 radical (unpaired) electrons. The summed E-state index contributed by atoms with van der Waals surface area (Å²) >= 11 is 0. The van der Waals surface area contributed by atoms with E-state index in [1.54, 1.807) is 24.3 Å². The highest BCUT2D eigenvalue weighted by Crippen LogP contribution is 2.08. The quantitative estimate of drug-likeness (QED) is 0.357. The van der Waals surface area contributed by atoms with Gasteiger partial charge >= 0.3 is 0 Å². The number of nitrogens with one attached hydrogen (secondary N) is 2. The Balaban J connectivity index is 1.71. The summed E-state index contributed by atoms with van der Waals surface area (Å²) in [7, 11) is 0. The van der Waals surface area contributed by atoms with E-state index in [9.17, 15) is 9.59 Å². The molecule has 0 aliphatic carbocycles. The van der Waals surface area contributed by atoms with Crippen LogP contribution in [0.4, 0.5) is 5.69 Å². The second kappa shape index (κ2) is 9.83. The minimum atomic E-state index is -0.279. The van der Waals surface area contributed by atoms with Crippen LogP contribution in [-0.4, -0.2) is 17.4 Å². The van der Waals surface area contributed by atoms with E-state index >= 15 is 0 Å². The summed E-state index contributed by atoms with van der Waals surface area (Å²) in [6, 6.07) is 27.7. The molecule has 0 aromatic heterocycles. The van der Waals surface area contributed by atoms with Crippen LogP contribution in [0.5, 0.6) is 0 Å². The molecule has 0 spiro atoms. The molecule has 1 amide bonds. The lowest BCUT2D eigenvalue weighted by Gasteiger charge is -2.09. The topological polar surface area (TPSA) is 70.6 Å². The Bertz CT molecular complexity index is 939. The first-order valence-corrected chi connectivity index (χ1v) is 9.00. The van der Waals surface area contributed by atoms with Crippen molar-refractivity contribution in [1.29, 1.82) is 0 Å². The Morgan fingerprint density at radius 1 is 0.750 bits per heavy atom. The van der Waals surface area contributed by atoms with Gasteiger partial charge in [-0.2, -0.15) is 5.10 Å². The first-order chi connectivity index (χ1) is 13.7. The van der Waals surface area contributed by atoms with Crippen LogP contribution in [0.25, 0.3) is 0 Å². The number of hydrogen-bond donors (Lipinski definition) is 2. The van der Waals surface area contributed by atoms with Gasteiger partial charge in [0.1, 0.15) is 5.71 Å². The van der Waals surface area contributed by atoms with E-state index in [1.165, 1.54) is 0 Å². The van der Waals surface area contributed by atoms with Gasteiger partial charge in [-0.1, -0.05) is 78.9 Å². The van der Waals surface area contributed by atoms with Crippen molar-refractivity contribution in [3.8, 4) is 0 Å². The summed E-state index contributed by atoms with van der Waals surface area (Å²) in [5.41, 5.74) is 5.24. The Kier molecular flexibility index (Phi) is 6.68. The number of carbonyl (C=O) groups excluding carboxylic acids is 2. The van der Waals surface area contributed by atoms with Crippen LogP contribution in [0.3, 0.4) is 0 Å². The number of ketones is 1. The van der Waals surface area contributed by atoms with Crippen molar-refractivity contribution in [2.75, 3.05) is 5.43 Å². The molecule has 5 heteroatoms. The number of hydrogen-bond acceptors (Lipinski definition) is 4. The van der Waals surface area contributed by atoms with Crippen molar-refractivity contribution in [3.05, 3.63) is 102 Å². The van der Waals surface area contributed by atoms with E-state index in [2.05, 4.69) is 15.8 Å². The van der Waals surface area contributed by atoms with Crippen molar-refractivity contribution in [2.45, 2.75) is 13.0 Å². The first kappa shape index (κ1) is 19.0. The van der Waals surface area contributed by atoms with Gasteiger partial charge in [-0.3, -0.25) is 15.0 Å². The van der Waals surface area contributed by atoms with Gasteiger partial charge in [0.25, 0.3) is 0 Å². The van der Waals surface area contributed by atoms with Crippen LogP contribution in [0.15, 0.2) is 96.1 Å². The molecular weight excluding hydrogens is 350 g/mol. The number of Topliss-reactive ketones (excluding diaryl/α,β-unsaturated/α-hetero) is 1. The minimum Gasteiger partial charge on any atom is -0.352 e. The Labute approximate surface area is 164 Å². The van der Waals surface area contributed by atoms with Gasteiger partial charge in [0.05, 0.1) is 12.1 Å². The molecule has 3 aromatic carbocycles. The summed E-state index contributed by atoms with van der Waals surface area (Å²) in [5, 5.41) is 7.06. The van der Waals surface area contributed by atoms with Gasteiger partial charge in [-0.15, -0.1) is 0 Å². The molecule has 3 aromatic rings. The van der Waals surface area contributed by atoms with Crippen molar-refractivity contribution in [1.82, 2.24) is 5.32 Å². The second-order valence-electron chi connectivity index (χ2n) is 6.17. The predicted octanol–water partition coefficient (Wildman–Crippen LogP) is 4.04. The van der Waals surface area contributed by atoms with E-state index in [1.807, 2.05) is 66.7 Å². The molecule has 3 rings (SSSR count). The summed E-state index contributed by atoms with van der Waals surface area (Å²) in [4.78, 5) is 25.2. The molecule has 0 saturated carbocycles. The monoisotopic (exact) mass is 371 g/mol. The minimum absolute atomic E-state index is 0.111. The molecule has 0 saturated heterocycles. The summed E-state index contributed by atoms with van der Waals surface area (Å²) in [6.07, 6.45) is -0.111. The third kappa shape index (κ3) is 5.64. The van der Waals surface area contributed by atoms with Crippen LogP contribution in [0.2, 0.25) is 0 Å². The van der Waals surface area contributed by atoms with Crippen molar-refractivity contribution in [3.63, 3.8) is 0 Å². The number of nitrogens with zero attached hydrogens (tertiary/aromatic N) is 1. The first-order valence-electron chi connectivity index (χ1n) is 9.00. The highest BCUT2D eigenvalue weighted by molar-refractivity contribution is 6.48. The number of rotatable bonds is 8. The summed E-state index contributed by atoms with van der Waals surface area (Å²) < 4.78 is 0. The Morgan fingerprint density at radius 3 is 1.96 bits per heavy atom. The summed E-state index contributed by atoms with van der Waals surface area (Å²) in [6.45, 7) is 0.401. The molecule has 0 aliphatic heterocycles. The normalized spacial score (nSPS) is 10.9. The number of benzene rings is 3. The lowest BCUT2D eigenvalue weighted by atomic mass is 10.0. The highest BCUT2D eigenvalue weighted by atomic mass is 16.2. The van der Waals surface area contributed by atoms with Gasteiger partial charge in [0.2, 0.25) is 11.7 Å². The third-order valence-corrected chi connectivity index (χ3v) is 4.05. The van der Waals surface area contributed by atoms with E-state index in [-0.39, 0.29) is 23.8 Å². The molecule has 5 nitrogen and oxygen atoms in total. The standard InChI is InChI=1S/C23H21N3O2/c27-22(24-17-18-10-4-1-5-11-18)16-21(23(28)19-12-6-2-7-13-19)26-25-20-14-8-3-9-15-20/h1-15,25H,16-17H2,(H,24,27)/b26-21-. The maximum Gasteiger partial charge on any atom is 0.226 e. The largest absolute Gasteiger partial charge is 0.352 e. The van der Waals surface area contributed by atoms with Crippen LogP contribution in [0.1, 0.15) is 22.3 Å². The highest BCUT2D eigenvalue weighted by Gasteiger charge is 2.18. The number of anilines is 1. The maximum absolute atomic E-state index is 12.8. The molecule has 140 valence electrons. The fourth-order valence-electron chi connectivity index (χ4n) is 2.58. The molecule has 0 atom stereocenters.